The molecule has 144 valence electrons. The molecular weight excluding hydrogens is 368 g/mol. The van der Waals surface area contributed by atoms with E-state index in [0.717, 1.165) is 11.3 Å². The SMILES string of the molecule is Cc1ccccc1NC(=O)CCCNS(=O)(=O)c1ccc2c(c1)OCCO2. The number of rotatable bonds is 7. The van der Waals surface area contributed by atoms with Crippen LogP contribution in [0.25, 0.3) is 0 Å². The van der Waals surface area contributed by atoms with Gasteiger partial charge < -0.3 is 14.8 Å². The van der Waals surface area contributed by atoms with Crippen LogP contribution in [0.15, 0.2) is 47.4 Å². The highest BCUT2D eigenvalue weighted by atomic mass is 32.2. The number of aryl methyl sites for hydroxylation is 1. The van der Waals surface area contributed by atoms with Gasteiger partial charge in [0, 0.05) is 24.7 Å². The van der Waals surface area contributed by atoms with Crippen molar-refractivity contribution >= 4 is 21.6 Å². The fourth-order valence-corrected chi connectivity index (χ4v) is 3.74. The molecule has 2 aromatic carbocycles. The Labute approximate surface area is 158 Å². The summed E-state index contributed by atoms with van der Waals surface area (Å²) in [5.41, 5.74) is 1.74. The molecule has 8 heteroatoms. The number of ether oxygens (including phenoxy) is 2. The second kappa shape index (κ2) is 8.41. The van der Waals surface area contributed by atoms with E-state index >= 15 is 0 Å². The van der Waals surface area contributed by atoms with Crippen LogP contribution in [0.2, 0.25) is 0 Å². The topological polar surface area (TPSA) is 93.7 Å². The molecule has 2 aromatic rings. The zero-order chi connectivity index (χ0) is 19.3. The second-order valence-electron chi connectivity index (χ2n) is 6.17. The zero-order valence-electron chi connectivity index (χ0n) is 15.0. The molecule has 0 unspecified atom stereocenters. The third kappa shape index (κ3) is 4.99. The van der Waals surface area contributed by atoms with Gasteiger partial charge in [0.15, 0.2) is 11.5 Å². The number of sulfonamides is 1. The molecule has 0 radical (unpaired) electrons. The number of carbonyl (C=O) groups excluding carboxylic acids is 1. The van der Waals surface area contributed by atoms with Crippen molar-refractivity contribution in [3.8, 4) is 11.5 Å². The van der Waals surface area contributed by atoms with Crippen LogP contribution < -0.4 is 19.5 Å². The van der Waals surface area contributed by atoms with Crippen LogP contribution in [0.4, 0.5) is 5.69 Å². The molecule has 1 aliphatic heterocycles. The van der Waals surface area contributed by atoms with Gasteiger partial charge in [0.1, 0.15) is 13.2 Å². The third-order valence-corrected chi connectivity index (χ3v) is 5.57. The van der Waals surface area contributed by atoms with Crippen molar-refractivity contribution < 1.29 is 22.7 Å². The minimum atomic E-state index is -3.67. The second-order valence-corrected chi connectivity index (χ2v) is 7.94. The maximum absolute atomic E-state index is 12.4. The van der Waals surface area contributed by atoms with Gasteiger partial charge in [-0.05, 0) is 37.1 Å². The van der Waals surface area contributed by atoms with E-state index in [2.05, 4.69) is 10.0 Å². The molecule has 0 fully saturated rings. The summed E-state index contributed by atoms with van der Waals surface area (Å²) in [5.74, 6) is 0.803. The van der Waals surface area contributed by atoms with E-state index < -0.39 is 10.0 Å². The molecule has 0 saturated heterocycles. The van der Waals surface area contributed by atoms with Crippen molar-refractivity contribution in [2.75, 3.05) is 25.1 Å². The summed E-state index contributed by atoms with van der Waals surface area (Å²) in [7, 11) is -3.67. The fourth-order valence-electron chi connectivity index (χ4n) is 2.66. The van der Waals surface area contributed by atoms with Gasteiger partial charge in [-0.25, -0.2) is 13.1 Å². The van der Waals surface area contributed by atoms with Crippen LogP contribution in [-0.4, -0.2) is 34.1 Å². The van der Waals surface area contributed by atoms with Crippen molar-refractivity contribution in [1.29, 1.82) is 0 Å². The molecule has 2 N–H and O–H groups in total. The zero-order valence-corrected chi connectivity index (χ0v) is 15.8. The molecule has 0 aromatic heterocycles. The van der Waals surface area contributed by atoms with Gasteiger partial charge in [-0.15, -0.1) is 0 Å². The number of hydrogen-bond donors (Lipinski definition) is 2. The van der Waals surface area contributed by atoms with E-state index in [9.17, 15) is 13.2 Å². The minimum absolute atomic E-state index is 0.108. The third-order valence-electron chi connectivity index (χ3n) is 4.12. The highest BCUT2D eigenvalue weighted by molar-refractivity contribution is 7.89. The smallest absolute Gasteiger partial charge is 0.240 e. The summed E-state index contributed by atoms with van der Waals surface area (Å²) in [6.07, 6.45) is 0.611. The Morgan fingerprint density at radius 1 is 1.07 bits per heavy atom. The Morgan fingerprint density at radius 3 is 2.59 bits per heavy atom. The van der Waals surface area contributed by atoms with Crippen LogP contribution in [-0.2, 0) is 14.8 Å². The lowest BCUT2D eigenvalue weighted by atomic mass is 10.2. The average Bonchev–Trinajstić information content (AvgIpc) is 2.67. The number of amides is 1. The van der Waals surface area contributed by atoms with Gasteiger partial charge in [-0.2, -0.15) is 0 Å². The maximum Gasteiger partial charge on any atom is 0.240 e. The van der Waals surface area contributed by atoms with Crippen molar-refractivity contribution in [2.45, 2.75) is 24.7 Å². The van der Waals surface area contributed by atoms with Crippen LogP contribution in [0.5, 0.6) is 11.5 Å². The molecule has 0 bridgehead atoms. The molecule has 1 heterocycles. The first-order valence-corrected chi connectivity index (χ1v) is 10.2. The number of nitrogens with one attached hydrogen (secondary N) is 2. The van der Waals surface area contributed by atoms with Crippen molar-refractivity contribution in [1.82, 2.24) is 4.72 Å². The standard InChI is InChI=1S/C19H22N2O5S/c1-14-5-2-3-6-16(14)21-19(22)7-4-10-20-27(23,24)15-8-9-17-18(13-15)26-12-11-25-17/h2-3,5-6,8-9,13,20H,4,7,10-12H2,1H3,(H,21,22). The molecule has 0 atom stereocenters. The van der Waals surface area contributed by atoms with Crippen LogP contribution in [0.3, 0.4) is 0 Å². The first-order valence-electron chi connectivity index (χ1n) is 8.70. The Hall–Kier alpha value is -2.58. The maximum atomic E-state index is 12.4. The number of carbonyl (C=O) groups is 1. The molecule has 3 rings (SSSR count). The van der Waals surface area contributed by atoms with E-state index in [0.29, 0.717) is 31.1 Å². The summed E-state index contributed by atoms with van der Waals surface area (Å²) in [4.78, 5) is 12.1. The average molecular weight is 390 g/mol. The van der Waals surface area contributed by atoms with Gasteiger partial charge in [0.25, 0.3) is 0 Å². The van der Waals surface area contributed by atoms with E-state index in [1.165, 1.54) is 12.1 Å². The van der Waals surface area contributed by atoms with Crippen LogP contribution in [0.1, 0.15) is 18.4 Å². The lowest BCUT2D eigenvalue weighted by molar-refractivity contribution is -0.116. The van der Waals surface area contributed by atoms with Crippen molar-refractivity contribution in [3.05, 3.63) is 48.0 Å². The number of anilines is 1. The van der Waals surface area contributed by atoms with E-state index in [1.807, 2.05) is 31.2 Å². The molecule has 0 saturated carbocycles. The molecule has 7 nitrogen and oxygen atoms in total. The quantitative estimate of drug-likeness (QED) is 0.709. The van der Waals surface area contributed by atoms with Gasteiger partial charge in [0.05, 0.1) is 4.90 Å². The molecule has 1 aliphatic rings. The lowest BCUT2D eigenvalue weighted by Gasteiger charge is -2.18. The van der Waals surface area contributed by atoms with E-state index in [-0.39, 0.29) is 23.8 Å². The first-order chi connectivity index (χ1) is 13.0. The van der Waals surface area contributed by atoms with Crippen LogP contribution in [0, 0.1) is 6.92 Å². The molecule has 0 aliphatic carbocycles. The number of para-hydroxylation sites is 1. The van der Waals surface area contributed by atoms with Gasteiger partial charge in [0.2, 0.25) is 15.9 Å². The summed E-state index contributed by atoms with van der Waals surface area (Å²) < 4.78 is 38.1. The van der Waals surface area contributed by atoms with E-state index in [1.54, 1.807) is 6.07 Å². The minimum Gasteiger partial charge on any atom is -0.486 e. The highest BCUT2D eigenvalue weighted by Crippen LogP contribution is 2.32. The van der Waals surface area contributed by atoms with E-state index in [4.69, 9.17) is 9.47 Å². The summed E-state index contributed by atoms with van der Waals surface area (Å²) >= 11 is 0. The van der Waals surface area contributed by atoms with Gasteiger partial charge in [-0.1, -0.05) is 18.2 Å². The number of benzene rings is 2. The molecular formula is C19H22N2O5S. The monoisotopic (exact) mass is 390 g/mol. The van der Waals surface area contributed by atoms with Gasteiger partial charge >= 0.3 is 0 Å². The predicted octanol–water partition coefficient (Wildman–Crippen LogP) is 2.46. The fraction of sp³-hybridized carbons (Fsp3) is 0.316. The Morgan fingerprint density at radius 2 is 1.81 bits per heavy atom. The lowest BCUT2D eigenvalue weighted by Crippen LogP contribution is -2.26. The Kier molecular flexibility index (Phi) is 5.98. The summed E-state index contributed by atoms with van der Waals surface area (Å²) in [5, 5.41) is 2.83. The Balaban J connectivity index is 1.49. The predicted molar refractivity (Wildman–Crippen MR) is 102 cm³/mol. The number of fused-ring (bicyclic) bond motifs is 1. The van der Waals surface area contributed by atoms with Gasteiger partial charge in [-0.3, -0.25) is 4.79 Å². The summed E-state index contributed by atoms with van der Waals surface area (Å²) in [6.45, 7) is 2.91. The van der Waals surface area contributed by atoms with Crippen LogP contribution >= 0.6 is 0 Å². The van der Waals surface area contributed by atoms with Crippen molar-refractivity contribution in [2.24, 2.45) is 0 Å². The first kappa shape index (κ1) is 19.2. The molecule has 27 heavy (non-hydrogen) atoms. The number of hydrogen-bond acceptors (Lipinski definition) is 5. The molecule has 0 spiro atoms. The largest absolute Gasteiger partial charge is 0.486 e. The Bertz CT molecular complexity index is 927. The highest BCUT2D eigenvalue weighted by Gasteiger charge is 2.19. The van der Waals surface area contributed by atoms with Crippen molar-refractivity contribution in [3.63, 3.8) is 0 Å². The summed E-state index contributed by atoms with van der Waals surface area (Å²) in [6, 6.07) is 12.0. The molecule has 1 amide bonds. The normalized spacial score (nSPS) is 13.2.